The fraction of sp³-hybridized carbons (Fsp3) is 0.333. The maximum atomic E-state index is 11.6. The number of hydrogen-bond acceptors (Lipinski definition) is 5. The number of carbonyl (C=O) groups excluding carboxylic acids is 1. The molecule has 0 saturated carbocycles. The Labute approximate surface area is 170 Å². The zero-order valence-corrected chi connectivity index (χ0v) is 16.7. The van der Waals surface area contributed by atoms with Crippen LogP contribution in [0.15, 0.2) is 63.8 Å². The summed E-state index contributed by atoms with van der Waals surface area (Å²) in [4.78, 5) is 22.9. The molecule has 0 radical (unpaired) electrons. The van der Waals surface area contributed by atoms with E-state index in [2.05, 4.69) is 6.07 Å². The van der Waals surface area contributed by atoms with Gasteiger partial charge in [0.1, 0.15) is 11.3 Å². The summed E-state index contributed by atoms with van der Waals surface area (Å²) in [5.74, 6) is 0.448. The maximum Gasteiger partial charge on any atom is 0.338 e. The number of aryl methyl sites for hydroxylation is 1. The second-order valence-electron chi connectivity index (χ2n) is 6.88. The van der Waals surface area contributed by atoms with E-state index in [1.165, 1.54) is 11.6 Å². The molecule has 2 aromatic carbocycles. The van der Waals surface area contributed by atoms with Crippen LogP contribution in [0.2, 0.25) is 0 Å². The van der Waals surface area contributed by atoms with E-state index in [4.69, 9.17) is 13.9 Å². The molecule has 0 saturated heterocycles. The van der Waals surface area contributed by atoms with Gasteiger partial charge in [-0.05, 0) is 68.1 Å². The number of esters is 1. The van der Waals surface area contributed by atoms with Crippen molar-refractivity contribution in [1.82, 2.24) is 0 Å². The van der Waals surface area contributed by atoms with Gasteiger partial charge in [-0.3, -0.25) is 0 Å². The lowest BCUT2D eigenvalue weighted by atomic mass is 10.0. The highest BCUT2D eigenvalue weighted by molar-refractivity contribution is 5.89. The molecule has 0 spiro atoms. The number of carbonyl (C=O) groups is 1. The summed E-state index contributed by atoms with van der Waals surface area (Å²) in [6.07, 6.45) is 5.22. The number of unbranched alkanes of at least 4 members (excludes halogenated alkanes) is 3. The zero-order chi connectivity index (χ0) is 20.5. The fourth-order valence-electron chi connectivity index (χ4n) is 3.14. The average molecular weight is 394 g/mol. The van der Waals surface area contributed by atoms with Crippen molar-refractivity contribution in [2.24, 2.45) is 0 Å². The van der Waals surface area contributed by atoms with Crippen LogP contribution < -0.4 is 10.4 Å². The first-order valence-electron chi connectivity index (χ1n) is 10.1. The van der Waals surface area contributed by atoms with Crippen LogP contribution in [0.4, 0.5) is 0 Å². The molecule has 5 nitrogen and oxygen atoms in total. The van der Waals surface area contributed by atoms with Gasteiger partial charge in [-0.15, -0.1) is 0 Å². The molecule has 0 bridgehead atoms. The molecule has 0 atom stereocenters. The molecule has 29 heavy (non-hydrogen) atoms. The molecule has 5 heteroatoms. The normalized spacial score (nSPS) is 10.8. The van der Waals surface area contributed by atoms with Gasteiger partial charge >= 0.3 is 11.6 Å². The molecule has 0 unspecified atom stereocenters. The second kappa shape index (κ2) is 10.5. The van der Waals surface area contributed by atoms with E-state index in [1.807, 2.05) is 12.1 Å². The van der Waals surface area contributed by atoms with Gasteiger partial charge in [-0.1, -0.05) is 25.0 Å². The van der Waals surface area contributed by atoms with E-state index in [-0.39, 0.29) is 11.6 Å². The number of hydrogen-bond donors (Lipinski definition) is 0. The van der Waals surface area contributed by atoms with Crippen molar-refractivity contribution in [2.75, 3.05) is 13.2 Å². The van der Waals surface area contributed by atoms with Crippen molar-refractivity contribution in [3.05, 3.63) is 76.1 Å². The van der Waals surface area contributed by atoms with Crippen LogP contribution in [0.1, 0.15) is 48.5 Å². The van der Waals surface area contributed by atoms with Crippen molar-refractivity contribution >= 4 is 16.9 Å². The van der Waals surface area contributed by atoms with Gasteiger partial charge in [0.2, 0.25) is 0 Å². The zero-order valence-electron chi connectivity index (χ0n) is 16.7. The lowest BCUT2D eigenvalue weighted by Crippen LogP contribution is -2.04. The second-order valence-corrected chi connectivity index (χ2v) is 6.88. The molecule has 1 heterocycles. The third-order valence-corrected chi connectivity index (χ3v) is 4.68. The standard InChI is InChI=1S/C24H26O5/c1-2-27-24(26)20-10-13-21(14-11-20)28-16-6-4-3-5-7-18-8-9-19-12-15-23(25)29-22(19)17-18/h8-15,17H,2-7,16H2,1H3. The molecule has 3 aromatic rings. The van der Waals surface area contributed by atoms with Gasteiger partial charge in [-0.25, -0.2) is 9.59 Å². The Balaban J connectivity index is 1.33. The maximum absolute atomic E-state index is 11.6. The van der Waals surface area contributed by atoms with Gasteiger partial charge in [0.25, 0.3) is 0 Å². The third kappa shape index (κ3) is 6.21. The number of rotatable bonds is 10. The Morgan fingerprint density at radius 2 is 1.69 bits per heavy atom. The van der Waals surface area contributed by atoms with Crippen molar-refractivity contribution < 1.29 is 18.7 Å². The van der Waals surface area contributed by atoms with Gasteiger partial charge in [-0.2, -0.15) is 0 Å². The third-order valence-electron chi connectivity index (χ3n) is 4.68. The van der Waals surface area contributed by atoms with Crippen LogP contribution in [0.5, 0.6) is 5.75 Å². The minimum Gasteiger partial charge on any atom is -0.494 e. The summed E-state index contributed by atoms with van der Waals surface area (Å²) in [5, 5.41) is 0.945. The first-order valence-corrected chi connectivity index (χ1v) is 10.1. The minimum atomic E-state index is -0.315. The average Bonchev–Trinajstić information content (AvgIpc) is 2.73. The van der Waals surface area contributed by atoms with E-state index in [9.17, 15) is 9.59 Å². The monoisotopic (exact) mass is 394 g/mol. The topological polar surface area (TPSA) is 65.7 Å². The Kier molecular flexibility index (Phi) is 7.45. The predicted octanol–water partition coefficient (Wildman–Crippen LogP) is 5.15. The van der Waals surface area contributed by atoms with E-state index in [0.717, 1.165) is 43.2 Å². The van der Waals surface area contributed by atoms with Crippen molar-refractivity contribution in [2.45, 2.75) is 39.0 Å². The van der Waals surface area contributed by atoms with Crippen LogP contribution in [0.3, 0.4) is 0 Å². The van der Waals surface area contributed by atoms with Gasteiger partial charge in [0.15, 0.2) is 0 Å². The highest BCUT2D eigenvalue weighted by atomic mass is 16.5. The first kappa shape index (κ1) is 20.6. The first-order chi connectivity index (χ1) is 14.2. The summed E-state index contributed by atoms with van der Waals surface area (Å²) in [5.41, 5.74) is 2.06. The minimum absolute atomic E-state index is 0.312. The highest BCUT2D eigenvalue weighted by Gasteiger charge is 2.06. The Morgan fingerprint density at radius 1 is 0.931 bits per heavy atom. The van der Waals surface area contributed by atoms with Gasteiger partial charge < -0.3 is 13.9 Å². The summed E-state index contributed by atoms with van der Waals surface area (Å²) in [7, 11) is 0. The molecule has 0 fully saturated rings. The van der Waals surface area contributed by atoms with Crippen molar-refractivity contribution in [3.8, 4) is 5.75 Å². The van der Waals surface area contributed by atoms with E-state index < -0.39 is 0 Å². The Morgan fingerprint density at radius 3 is 2.48 bits per heavy atom. The summed E-state index contributed by atoms with van der Waals surface area (Å²) < 4.78 is 15.9. The summed E-state index contributed by atoms with van der Waals surface area (Å²) >= 11 is 0. The molecule has 152 valence electrons. The molecule has 0 amide bonds. The number of benzene rings is 2. The van der Waals surface area contributed by atoms with Crippen LogP contribution >= 0.6 is 0 Å². The molecule has 0 aliphatic rings. The van der Waals surface area contributed by atoms with Gasteiger partial charge in [0, 0.05) is 11.5 Å². The van der Waals surface area contributed by atoms with E-state index in [0.29, 0.717) is 24.4 Å². The lowest BCUT2D eigenvalue weighted by molar-refractivity contribution is 0.0526. The lowest BCUT2D eigenvalue weighted by Gasteiger charge is -2.07. The Hall–Kier alpha value is -3.08. The van der Waals surface area contributed by atoms with Gasteiger partial charge in [0.05, 0.1) is 18.8 Å². The molecule has 3 rings (SSSR count). The molecule has 1 aromatic heterocycles. The molecular formula is C24H26O5. The van der Waals surface area contributed by atoms with Crippen molar-refractivity contribution in [1.29, 1.82) is 0 Å². The summed E-state index contributed by atoms with van der Waals surface area (Å²) in [6.45, 7) is 2.81. The largest absolute Gasteiger partial charge is 0.494 e. The van der Waals surface area contributed by atoms with Crippen LogP contribution in [-0.4, -0.2) is 19.2 Å². The van der Waals surface area contributed by atoms with E-state index >= 15 is 0 Å². The quantitative estimate of drug-likeness (QED) is 0.270. The molecule has 0 N–H and O–H groups in total. The number of ether oxygens (including phenoxy) is 2. The summed E-state index contributed by atoms with van der Waals surface area (Å²) in [6, 6.07) is 16.3. The number of fused-ring (bicyclic) bond motifs is 1. The van der Waals surface area contributed by atoms with Crippen molar-refractivity contribution in [3.63, 3.8) is 0 Å². The molecule has 0 aliphatic carbocycles. The van der Waals surface area contributed by atoms with Crippen LogP contribution in [0, 0.1) is 0 Å². The Bertz CT molecular complexity index is 988. The predicted molar refractivity (Wildman–Crippen MR) is 113 cm³/mol. The highest BCUT2D eigenvalue weighted by Crippen LogP contribution is 2.17. The molecule has 0 aliphatic heterocycles. The van der Waals surface area contributed by atoms with E-state index in [1.54, 1.807) is 37.3 Å². The fourth-order valence-corrected chi connectivity index (χ4v) is 3.14. The smallest absolute Gasteiger partial charge is 0.338 e. The SMILES string of the molecule is CCOC(=O)c1ccc(OCCCCCCc2ccc3ccc(=O)oc3c2)cc1. The van der Waals surface area contributed by atoms with Crippen LogP contribution in [-0.2, 0) is 11.2 Å². The molecular weight excluding hydrogens is 368 g/mol. The van der Waals surface area contributed by atoms with Crippen LogP contribution in [0.25, 0.3) is 11.0 Å².